The minimum atomic E-state index is -3.91. The first-order valence-corrected chi connectivity index (χ1v) is 21.8. The third-order valence-electron chi connectivity index (χ3n) is 10.9. The fraction of sp³-hybridized carbons (Fsp3) is 0.590. The average molecular weight is 811 g/mol. The van der Waals surface area contributed by atoms with E-state index in [1.807, 2.05) is 42.7 Å². The summed E-state index contributed by atoms with van der Waals surface area (Å²) in [4.78, 5) is 76.5. The zero-order chi connectivity index (χ0) is 40.0. The molecule has 2 aromatic rings. The number of nitrogens with zero attached hydrogens (tertiary/aromatic N) is 3. The van der Waals surface area contributed by atoms with Crippen molar-refractivity contribution in [2.24, 2.45) is 5.92 Å². The fourth-order valence-corrected chi connectivity index (χ4v) is 9.68. The summed E-state index contributed by atoms with van der Waals surface area (Å²) in [7, 11) is -3.91. The molecule has 5 aliphatic rings. The summed E-state index contributed by atoms with van der Waals surface area (Å²) in [5.74, 6) is -2.51. The number of fused-ring (bicyclic) bond motifs is 3. The maximum atomic E-state index is 14.4. The molecule has 7 rings (SSSR count). The summed E-state index contributed by atoms with van der Waals surface area (Å²) < 4.78 is 39.3. The van der Waals surface area contributed by atoms with E-state index in [0.29, 0.717) is 38.8 Å². The highest BCUT2D eigenvalue weighted by molar-refractivity contribution is 7.91. The highest BCUT2D eigenvalue weighted by Gasteiger charge is 2.62. The largest absolute Gasteiger partial charge is 0.444 e. The predicted octanol–water partition coefficient (Wildman–Crippen LogP) is 4.44. The molecule has 5 atom stereocenters. The van der Waals surface area contributed by atoms with Gasteiger partial charge in [0.2, 0.25) is 21.8 Å². The van der Waals surface area contributed by atoms with Gasteiger partial charge < -0.3 is 25.0 Å². The molecule has 302 valence electrons. The molecule has 17 heteroatoms. The molecule has 5 amide bonds. The number of nitrogens with one attached hydrogen (secondary N) is 3. The van der Waals surface area contributed by atoms with Gasteiger partial charge in [-0.3, -0.25) is 24.0 Å². The summed E-state index contributed by atoms with van der Waals surface area (Å²) >= 11 is 1.56. The van der Waals surface area contributed by atoms with Gasteiger partial charge in [-0.15, -0.1) is 11.3 Å². The number of alkyl carbamates (subject to hydrolysis) is 1. The lowest BCUT2D eigenvalue weighted by atomic mass is 10.0. The zero-order valence-electron chi connectivity index (χ0n) is 32.2. The van der Waals surface area contributed by atoms with Crippen molar-refractivity contribution in [3.05, 3.63) is 51.9 Å². The molecule has 0 unspecified atom stereocenters. The molecule has 4 heterocycles. The highest BCUT2D eigenvalue weighted by Crippen LogP contribution is 2.46. The van der Waals surface area contributed by atoms with E-state index < -0.39 is 80.4 Å². The van der Waals surface area contributed by atoms with Crippen LogP contribution >= 0.6 is 11.3 Å². The standard InChI is InChI=1S/C39H50N6O9S2/c1-23-40-31(22-55-23)24-12-13-25-19-44(20-26(25)16-24)37(50)53-28-17-32-33(46)42-39(35(48)43-56(51,52)29-14-15-29)18-27(39)10-8-6-5-7-9-11-30(34(47)45(32)21-28)41-36(49)54-38(2,3)4/h8,10,12-13,16,22,27-30,32H,5-7,9,11,14-15,17-21H2,1-4H3,(H,41,49)(H,42,46)(H,43,48)/b10-8-/t27-,28+,30-,32-,39+/m0/s1. The minimum absolute atomic E-state index is 0.0742. The molecule has 15 nitrogen and oxygen atoms in total. The number of hydrogen-bond acceptors (Lipinski definition) is 11. The predicted molar refractivity (Wildman–Crippen MR) is 206 cm³/mol. The summed E-state index contributed by atoms with van der Waals surface area (Å²) in [5.41, 5.74) is 1.40. The number of allylic oxidation sites excluding steroid dienone is 1. The Morgan fingerprint density at radius 1 is 1.05 bits per heavy atom. The topological polar surface area (TPSA) is 193 Å². The second kappa shape index (κ2) is 15.4. The Kier molecular flexibility index (Phi) is 11.0. The number of thiazole rings is 1. The Morgan fingerprint density at radius 2 is 1.82 bits per heavy atom. The lowest BCUT2D eigenvalue weighted by Gasteiger charge is -2.30. The van der Waals surface area contributed by atoms with E-state index in [1.165, 1.54) is 4.90 Å². The molecule has 3 fully saturated rings. The smallest absolute Gasteiger partial charge is 0.410 e. The number of aryl methyl sites for hydroxylation is 1. The average Bonchev–Trinajstić information content (AvgIpc) is 3.94. The molecule has 2 aliphatic carbocycles. The van der Waals surface area contributed by atoms with Gasteiger partial charge in [0.1, 0.15) is 29.3 Å². The van der Waals surface area contributed by atoms with E-state index in [1.54, 1.807) is 37.0 Å². The highest BCUT2D eigenvalue weighted by atomic mass is 32.2. The van der Waals surface area contributed by atoms with Gasteiger partial charge in [-0.1, -0.05) is 37.1 Å². The van der Waals surface area contributed by atoms with Crippen LogP contribution in [0.5, 0.6) is 0 Å². The molecule has 2 saturated carbocycles. The lowest BCUT2D eigenvalue weighted by Crippen LogP contribution is -2.58. The van der Waals surface area contributed by atoms with E-state index >= 15 is 0 Å². The van der Waals surface area contributed by atoms with Crippen LogP contribution in [0, 0.1) is 12.8 Å². The maximum Gasteiger partial charge on any atom is 0.410 e. The number of amides is 5. The van der Waals surface area contributed by atoms with Gasteiger partial charge >= 0.3 is 12.2 Å². The molecule has 0 bridgehead atoms. The summed E-state index contributed by atoms with van der Waals surface area (Å²) in [5, 5.41) is 7.84. The second-order valence-corrected chi connectivity index (χ2v) is 19.6. The molecule has 1 saturated heterocycles. The van der Waals surface area contributed by atoms with Gasteiger partial charge in [-0.2, -0.15) is 0 Å². The Labute approximate surface area is 331 Å². The van der Waals surface area contributed by atoms with Crippen molar-refractivity contribution in [1.29, 1.82) is 0 Å². The molecular formula is C39H50N6O9S2. The van der Waals surface area contributed by atoms with Crippen LogP contribution < -0.4 is 15.4 Å². The number of benzene rings is 1. The van der Waals surface area contributed by atoms with Crippen molar-refractivity contribution >= 4 is 51.3 Å². The zero-order valence-corrected chi connectivity index (χ0v) is 33.8. The molecule has 1 aromatic heterocycles. The van der Waals surface area contributed by atoms with E-state index in [-0.39, 0.29) is 25.8 Å². The SMILES string of the molecule is Cc1nc(-c2ccc3c(c2)CN(C(=O)O[C@@H]2C[C@H]4C(=O)N[C@]5(C(=O)NS(=O)(=O)C6CC6)C[C@@H]5/C=C\CCCCC[C@H](NC(=O)OC(C)(C)C)C(=O)N4C2)C3)cs1. The van der Waals surface area contributed by atoms with Gasteiger partial charge in [0.15, 0.2) is 0 Å². The quantitative estimate of drug-likeness (QED) is 0.352. The molecule has 56 heavy (non-hydrogen) atoms. The third kappa shape index (κ3) is 8.88. The minimum Gasteiger partial charge on any atom is -0.444 e. The van der Waals surface area contributed by atoms with Crippen LogP contribution in [0.2, 0.25) is 0 Å². The van der Waals surface area contributed by atoms with Crippen molar-refractivity contribution in [3.63, 3.8) is 0 Å². The number of aromatic nitrogens is 1. The van der Waals surface area contributed by atoms with Crippen molar-refractivity contribution in [1.82, 2.24) is 30.1 Å². The molecule has 3 N–H and O–H groups in total. The first kappa shape index (κ1) is 39.7. The molecule has 1 aromatic carbocycles. The summed E-state index contributed by atoms with van der Waals surface area (Å²) in [6, 6.07) is 3.73. The number of carbonyl (C=O) groups excluding carboxylic acids is 5. The van der Waals surface area contributed by atoms with Crippen molar-refractivity contribution in [2.75, 3.05) is 6.54 Å². The Bertz CT molecular complexity index is 2040. The maximum absolute atomic E-state index is 14.4. The van der Waals surface area contributed by atoms with E-state index in [9.17, 15) is 32.4 Å². The first-order chi connectivity index (χ1) is 26.5. The first-order valence-electron chi connectivity index (χ1n) is 19.4. The van der Waals surface area contributed by atoms with Crippen LogP contribution in [-0.2, 0) is 47.0 Å². The van der Waals surface area contributed by atoms with Crippen LogP contribution in [-0.4, -0.2) is 94.2 Å². The second-order valence-electron chi connectivity index (χ2n) is 16.6. The van der Waals surface area contributed by atoms with Crippen LogP contribution in [0.25, 0.3) is 11.3 Å². The Balaban J connectivity index is 1.11. The van der Waals surface area contributed by atoms with Crippen molar-refractivity contribution < 1.29 is 41.9 Å². The Hall–Kier alpha value is -4.51. The number of sulfonamides is 1. The van der Waals surface area contributed by atoms with Crippen LogP contribution in [0.15, 0.2) is 35.7 Å². The number of carbonyl (C=O) groups is 5. The molecule has 3 aliphatic heterocycles. The number of rotatable bonds is 6. The summed E-state index contributed by atoms with van der Waals surface area (Å²) in [6.45, 7) is 7.58. The number of hydrogen-bond donors (Lipinski definition) is 3. The van der Waals surface area contributed by atoms with E-state index in [2.05, 4.69) is 20.3 Å². The van der Waals surface area contributed by atoms with E-state index in [4.69, 9.17) is 9.47 Å². The van der Waals surface area contributed by atoms with Gasteiger partial charge in [0.05, 0.1) is 22.5 Å². The van der Waals surface area contributed by atoms with Crippen LogP contribution in [0.3, 0.4) is 0 Å². The fourth-order valence-electron chi connectivity index (χ4n) is 7.69. The molecular weight excluding hydrogens is 761 g/mol. The number of ether oxygens (including phenoxy) is 2. The third-order valence-corrected chi connectivity index (χ3v) is 13.5. The summed E-state index contributed by atoms with van der Waals surface area (Å²) in [6.07, 6.45) is 5.57. The van der Waals surface area contributed by atoms with Crippen LogP contribution in [0.4, 0.5) is 9.59 Å². The van der Waals surface area contributed by atoms with Gasteiger partial charge in [0.25, 0.3) is 5.91 Å². The van der Waals surface area contributed by atoms with Crippen molar-refractivity contribution in [2.45, 2.75) is 133 Å². The van der Waals surface area contributed by atoms with Crippen LogP contribution in [0.1, 0.15) is 94.7 Å². The Morgan fingerprint density at radius 3 is 2.54 bits per heavy atom. The molecule has 0 spiro atoms. The monoisotopic (exact) mass is 810 g/mol. The van der Waals surface area contributed by atoms with Gasteiger partial charge in [-0.25, -0.2) is 23.0 Å². The molecule has 0 radical (unpaired) electrons. The van der Waals surface area contributed by atoms with Gasteiger partial charge in [0, 0.05) is 36.4 Å². The van der Waals surface area contributed by atoms with Gasteiger partial charge in [-0.05, 0) is 83.4 Å². The van der Waals surface area contributed by atoms with E-state index in [0.717, 1.165) is 40.2 Å². The lowest BCUT2D eigenvalue weighted by molar-refractivity contribution is -0.141. The van der Waals surface area contributed by atoms with Crippen molar-refractivity contribution in [3.8, 4) is 11.3 Å². The normalized spacial score (nSPS) is 27.4.